The summed E-state index contributed by atoms with van der Waals surface area (Å²) >= 11 is 0. The van der Waals surface area contributed by atoms with E-state index in [-0.39, 0.29) is 0 Å². The lowest BCUT2D eigenvalue weighted by molar-refractivity contribution is 0.925. The van der Waals surface area contributed by atoms with E-state index in [4.69, 9.17) is 9.97 Å². The molecule has 3 aromatic heterocycles. The quantitative estimate of drug-likeness (QED) is 0.184. The number of rotatable bonds is 5. The summed E-state index contributed by atoms with van der Waals surface area (Å²) < 4.78 is 4.62. The van der Waals surface area contributed by atoms with Gasteiger partial charge >= 0.3 is 0 Å². The molecule has 6 aromatic carbocycles. The maximum Gasteiger partial charge on any atom is 0.235 e. The fourth-order valence-corrected chi connectivity index (χ4v) is 7.90. The lowest BCUT2D eigenvalue weighted by Crippen LogP contribution is -2.31. The molecule has 1 aliphatic rings. The Balaban J connectivity index is 1.34. The molecule has 0 saturated carbocycles. The summed E-state index contributed by atoms with van der Waals surface area (Å²) in [6, 6.07) is 54.9. The number of benzene rings is 6. The van der Waals surface area contributed by atoms with Crippen LogP contribution in [-0.2, 0) is 0 Å². The summed E-state index contributed by atoms with van der Waals surface area (Å²) in [6.45, 7) is 0. The van der Waals surface area contributed by atoms with Crippen molar-refractivity contribution in [3.05, 3.63) is 168 Å². The largest absolute Gasteiger partial charge is 0.307 e. The van der Waals surface area contributed by atoms with Crippen LogP contribution in [0, 0.1) is 11.3 Å². The molecule has 0 unspecified atom stereocenters. The van der Waals surface area contributed by atoms with Crippen LogP contribution in [0.4, 0.5) is 0 Å². The van der Waals surface area contributed by atoms with Gasteiger partial charge in [0, 0.05) is 38.2 Å². The Labute approximate surface area is 300 Å². The van der Waals surface area contributed by atoms with E-state index in [1.54, 1.807) is 0 Å². The van der Waals surface area contributed by atoms with Crippen molar-refractivity contribution < 1.29 is 0 Å². The second-order valence-electron chi connectivity index (χ2n) is 13.2. The van der Waals surface area contributed by atoms with Crippen molar-refractivity contribution in [1.82, 2.24) is 19.1 Å². The fraction of sp³-hybridized carbons (Fsp3) is 0.0426. The highest BCUT2D eigenvalue weighted by atomic mass is 15.2. The standard InChI is InChI=1S/C47H31N5/c48-30-40-43(33-16-6-2-7-17-33)49-47(50-44(40)34-26-24-32(25-27-34)31-14-4-1-5-15-31)52-42-23-13-11-21-37(42)39-29-28-38-36-20-10-12-22-41(36)51(45(38)46(39)52)35-18-8-3-9-19-35/h1-10,12,14-29H,11,13H2. The molecular weight excluding hydrogens is 635 g/mol. The topological polar surface area (TPSA) is 59.4 Å². The van der Waals surface area contributed by atoms with Crippen LogP contribution in [0.1, 0.15) is 18.4 Å². The average molecular weight is 666 g/mol. The zero-order valence-corrected chi connectivity index (χ0v) is 28.2. The van der Waals surface area contributed by atoms with Gasteiger partial charge in [-0.1, -0.05) is 146 Å². The SMILES string of the molecule is N#Cc1c(-c2ccccc2)nc(-n2c3c(c4ccc5c6ccccc6n(-c6ccccc6)c5c42)=CCCC=3)nc1-c1ccc(-c2ccccc2)cc1. The van der Waals surface area contributed by atoms with Crippen molar-refractivity contribution in [2.75, 3.05) is 0 Å². The first-order valence-corrected chi connectivity index (χ1v) is 17.6. The van der Waals surface area contributed by atoms with Crippen molar-refractivity contribution in [2.45, 2.75) is 12.8 Å². The van der Waals surface area contributed by atoms with E-state index in [9.17, 15) is 5.26 Å². The van der Waals surface area contributed by atoms with Crippen LogP contribution in [0.3, 0.4) is 0 Å². The van der Waals surface area contributed by atoms with Gasteiger partial charge in [0.2, 0.25) is 5.95 Å². The van der Waals surface area contributed by atoms with Crippen LogP contribution in [0.15, 0.2) is 152 Å². The van der Waals surface area contributed by atoms with Crippen molar-refractivity contribution in [3.8, 4) is 51.3 Å². The van der Waals surface area contributed by atoms with E-state index in [0.29, 0.717) is 22.9 Å². The van der Waals surface area contributed by atoms with Gasteiger partial charge in [0.15, 0.2) is 0 Å². The van der Waals surface area contributed by atoms with Crippen molar-refractivity contribution in [3.63, 3.8) is 0 Å². The summed E-state index contributed by atoms with van der Waals surface area (Å²) in [6.07, 6.45) is 6.55. The van der Waals surface area contributed by atoms with Gasteiger partial charge in [0.1, 0.15) is 11.6 Å². The predicted octanol–water partition coefficient (Wildman–Crippen LogP) is 9.75. The molecule has 5 heteroatoms. The zero-order valence-electron chi connectivity index (χ0n) is 28.2. The van der Waals surface area contributed by atoms with Crippen molar-refractivity contribution in [1.29, 1.82) is 5.26 Å². The molecule has 0 bridgehead atoms. The molecule has 0 aliphatic heterocycles. The fourth-order valence-electron chi connectivity index (χ4n) is 7.90. The minimum Gasteiger partial charge on any atom is -0.307 e. The Morgan fingerprint density at radius 3 is 1.73 bits per heavy atom. The van der Waals surface area contributed by atoms with Gasteiger partial charge in [-0.05, 0) is 42.2 Å². The molecule has 52 heavy (non-hydrogen) atoms. The summed E-state index contributed by atoms with van der Waals surface area (Å²) in [7, 11) is 0. The third-order valence-corrected chi connectivity index (χ3v) is 10.2. The molecule has 1 aliphatic carbocycles. The second-order valence-corrected chi connectivity index (χ2v) is 13.2. The van der Waals surface area contributed by atoms with Gasteiger partial charge in [-0.15, -0.1) is 0 Å². The molecule has 0 atom stereocenters. The number of hydrogen-bond donors (Lipinski definition) is 0. The van der Waals surface area contributed by atoms with Crippen LogP contribution < -0.4 is 10.6 Å². The van der Waals surface area contributed by atoms with Gasteiger partial charge in [-0.3, -0.25) is 4.57 Å². The van der Waals surface area contributed by atoms with Crippen LogP contribution in [0.5, 0.6) is 0 Å². The van der Waals surface area contributed by atoms with Crippen molar-refractivity contribution in [2.24, 2.45) is 0 Å². The number of nitriles is 1. The number of fused-ring (bicyclic) bond motifs is 7. The van der Waals surface area contributed by atoms with Gasteiger partial charge in [0.25, 0.3) is 0 Å². The summed E-state index contributed by atoms with van der Waals surface area (Å²) in [5.41, 5.74) is 10.0. The molecule has 0 amide bonds. The van der Waals surface area contributed by atoms with E-state index >= 15 is 0 Å². The maximum atomic E-state index is 10.8. The van der Waals surface area contributed by atoms with Gasteiger partial charge in [0.05, 0.1) is 33.3 Å². The lowest BCUT2D eigenvalue weighted by Gasteiger charge is -2.15. The molecular formula is C47H31N5. The Morgan fingerprint density at radius 1 is 0.481 bits per heavy atom. The molecule has 3 heterocycles. The van der Waals surface area contributed by atoms with E-state index in [1.807, 2.05) is 48.5 Å². The van der Waals surface area contributed by atoms with Crippen LogP contribution in [0.25, 0.3) is 90.1 Å². The zero-order chi connectivity index (χ0) is 34.6. The number of hydrogen-bond acceptors (Lipinski definition) is 3. The molecule has 5 nitrogen and oxygen atoms in total. The van der Waals surface area contributed by atoms with Gasteiger partial charge < -0.3 is 4.57 Å². The molecule has 10 rings (SSSR count). The predicted molar refractivity (Wildman–Crippen MR) is 212 cm³/mol. The highest BCUT2D eigenvalue weighted by molar-refractivity contribution is 6.18. The third-order valence-electron chi connectivity index (χ3n) is 10.2. The number of para-hydroxylation sites is 2. The number of aromatic nitrogens is 4. The van der Waals surface area contributed by atoms with Gasteiger partial charge in [-0.2, -0.15) is 5.26 Å². The van der Waals surface area contributed by atoms with Crippen LogP contribution in [-0.4, -0.2) is 19.1 Å². The first-order chi connectivity index (χ1) is 25.8. The molecule has 0 radical (unpaired) electrons. The highest BCUT2D eigenvalue weighted by Crippen LogP contribution is 2.38. The first kappa shape index (κ1) is 29.8. The molecule has 0 spiro atoms. The molecule has 0 fully saturated rings. The van der Waals surface area contributed by atoms with Crippen molar-refractivity contribution >= 4 is 44.9 Å². The Hall–Kier alpha value is -7.03. The normalized spacial score (nSPS) is 12.4. The summed E-state index contributed by atoms with van der Waals surface area (Å²) in [5.74, 6) is 0.537. The van der Waals surface area contributed by atoms with E-state index < -0.39 is 0 Å². The summed E-state index contributed by atoms with van der Waals surface area (Å²) in [4.78, 5) is 10.7. The second kappa shape index (κ2) is 12.1. The summed E-state index contributed by atoms with van der Waals surface area (Å²) in [5, 5.41) is 16.5. The minimum absolute atomic E-state index is 0.451. The first-order valence-electron chi connectivity index (χ1n) is 17.6. The lowest BCUT2D eigenvalue weighted by atomic mass is 9.98. The number of nitrogens with zero attached hydrogens (tertiary/aromatic N) is 5. The van der Waals surface area contributed by atoms with E-state index in [0.717, 1.165) is 73.5 Å². The van der Waals surface area contributed by atoms with E-state index in [1.165, 1.54) is 10.6 Å². The third kappa shape index (κ3) is 4.62. The molecule has 0 saturated heterocycles. The Bertz CT molecular complexity index is 2990. The van der Waals surface area contributed by atoms with Crippen LogP contribution in [0.2, 0.25) is 0 Å². The van der Waals surface area contributed by atoms with Crippen LogP contribution >= 0.6 is 0 Å². The maximum absolute atomic E-state index is 10.8. The highest BCUT2D eigenvalue weighted by Gasteiger charge is 2.24. The smallest absolute Gasteiger partial charge is 0.235 e. The molecule has 0 N–H and O–H groups in total. The molecule has 9 aromatic rings. The van der Waals surface area contributed by atoms with Gasteiger partial charge in [-0.25, -0.2) is 9.97 Å². The minimum atomic E-state index is 0.451. The monoisotopic (exact) mass is 665 g/mol. The Kier molecular flexibility index (Phi) is 6.94. The molecule has 244 valence electrons. The Morgan fingerprint density at radius 2 is 1.02 bits per heavy atom. The average Bonchev–Trinajstić information content (AvgIpc) is 3.75. The van der Waals surface area contributed by atoms with E-state index in [2.05, 4.69) is 130 Å².